The van der Waals surface area contributed by atoms with Crippen molar-refractivity contribution in [2.24, 2.45) is 0 Å². The Hall–Kier alpha value is -4.19. The molecular formula is C29H29NO11P+. The van der Waals surface area contributed by atoms with Crippen molar-refractivity contribution in [2.75, 3.05) is 33.5 Å². The minimum absolute atomic E-state index is 0.00721. The Morgan fingerprint density at radius 1 is 1.07 bits per heavy atom. The van der Waals surface area contributed by atoms with Gasteiger partial charge in [0.25, 0.3) is 5.91 Å². The largest absolute Gasteiger partial charge is 0.697 e. The van der Waals surface area contributed by atoms with Crippen LogP contribution in [0.25, 0.3) is 33.4 Å². The Balaban J connectivity index is 1.57. The summed E-state index contributed by atoms with van der Waals surface area (Å²) in [7, 11) is -1.12. The number of hydrogen-bond acceptors (Lipinski definition) is 11. The van der Waals surface area contributed by atoms with Gasteiger partial charge in [0, 0.05) is 64.4 Å². The van der Waals surface area contributed by atoms with Gasteiger partial charge in [-0.15, -0.1) is 9.05 Å². The summed E-state index contributed by atoms with van der Waals surface area (Å²) in [6, 6.07) is 13.4. The molecule has 2 aromatic carbocycles. The molecule has 0 saturated carbocycles. The van der Waals surface area contributed by atoms with E-state index >= 15 is 0 Å². The molecule has 0 saturated heterocycles. The number of ether oxygens (including phenoxy) is 2. The van der Waals surface area contributed by atoms with Crippen LogP contribution in [-0.2, 0) is 23.1 Å². The molecule has 3 N–H and O–H groups in total. The highest BCUT2D eigenvalue weighted by molar-refractivity contribution is 7.33. The second-order valence-electron chi connectivity index (χ2n) is 9.12. The van der Waals surface area contributed by atoms with Crippen molar-refractivity contribution in [3.63, 3.8) is 0 Å². The number of phenolic OH excluding ortho intramolecular Hbond substituents is 1. The fraction of sp³-hybridized carbons (Fsp3) is 0.276. The number of benzene rings is 3. The molecule has 0 bridgehead atoms. The first-order valence-corrected chi connectivity index (χ1v) is 14.0. The van der Waals surface area contributed by atoms with Gasteiger partial charge in [-0.25, -0.2) is 0 Å². The maximum atomic E-state index is 13.1. The maximum Gasteiger partial charge on any atom is 0.697 e. The summed E-state index contributed by atoms with van der Waals surface area (Å²) in [4.78, 5) is 37.1. The number of esters is 1. The number of fused-ring (bicyclic) bond motifs is 2. The smallest absolute Gasteiger partial charge is 0.508 e. The molecule has 12 nitrogen and oxygen atoms in total. The molecule has 2 aliphatic rings. The van der Waals surface area contributed by atoms with E-state index in [1.165, 1.54) is 50.4 Å². The van der Waals surface area contributed by atoms with Gasteiger partial charge in [0.05, 0.1) is 20.3 Å². The standard InChI is InChI=1S/C29H28NO11P/c1-17(32)39-25-9-4-18(29(35)30-10-3-11-38-16-21(15-31)41-42(36)37-2)12-24(25)28-22-7-5-19(33)13-26(22)40-27-14-20(34)6-8-23(27)28/h4-9,12-14,21,31H,3,10-11,15-16H2,1-2H3,(H-,30,33,34,35)/p+1. The monoisotopic (exact) mass is 598 g/mol. The van der Waals surface area contributed by atoms with Gasteiger partial charge in [0.1, 0.15) is 22.8 Å². The molecule has 220 valence electrons. The number of nitrogens with one attached hydrogen (secondary N) is 1. The molecular weight excluding hydrogens is 569 g/mol. The first-order valence-electron chi connectivity index (χ1n) is 12.9. The van der Waals surface area contributed by atoms with Gasteiger partial charge in [-0.1, -0.05) is 0 Å². The average Bonchev–Trinajstić information content (AvgIpc) is 2.96. The van der Waals surface area contributed by atoms with E-state index in [4.69, 9.17) is 18.4 Å². The summed E-state index contributed by atoms with van der Waals surface area (Å²) in [5, 5.41) is 22.7. The number of aliphatic hydroxyl groups excluding tert-OH is 1. The molecule has 0 spiro atoms. The van der Waals surface area contributed by atoms with Crippen molar-refractivity contribution < 1.29 is 47.3 Å². The van der Waals surface area contributed by atoms with Crippen LogP contribution in [0.15, 0.2) is 63.8 Å². The molecule has 42 heavy (non-hydrogen) atoms. The predicted octanol–water partition coefficient (Wildman–Crippen LogP) is 4.01. The van der Waals surface area contributed by atoms with Gasteiger partial charge >= 0.3 is 14.2 Å². The fourth-order valence-corrected chi connectivity index (χ4v) is 4.69. The number of carbonyl (C=O) groups excluding carboxylic acids is 2. The molecule has 1 heterocycles. The zero-order chi connectivity index (χ0) is 30.2. The first-order chi connectivity index (χ1) is 20.2. The highest BCUT2D eigenvalue weighted by Gasteiger charge is 2.25. The third kappa shape index (κ3) is 7.55. The number of amides is 1. The van der Waals surface area contributed by atoms with Crippen molar-refractivity contribution in [3.05, 3.63) is 70.4 Å². The fourth-order valence-electron chi connectivity index (χ4n) is 4.23. The lowest BCUT2D eigenvalue weighted by Gasteiger charge is -2.18. The van der Waals surface area contributed by atoms with Crippen molar-refractivity contribution in [1.29, 1.82) is 0 Å². The van der Waals surface area contributed by atoms with Gasteiger partial charge in [-0.05, 0) is 48.9 Å². The quantitative estimate of drug-likeness (QED) is 0.0668. The van der Waals surface area contributed by atoms with Gasteiger partial charge in [-0.3, -0.25) is 14.4 Å². The summed E-state index contributed by atoms with van der Waals surface area (Å²) in [5.41, 5.74) is 1.77. The number of carbonyl (C=O) groups is 2. The van der Waals surface area contributed by atoms with Crippen molar-refractivity contribution in [3.8, 4) is 33.9 Å². The van der Waals surface area contributed by atoms with Crippen LogP contribution < -0.4 is 15.5 Å². The summed E-state index contributed by atoms with van der Waals surface area (Å²) >= 11 is 0. The number of hydrogen-bond donors (Lipinski definition) is 3. The molecule has 4 rings (SSSR count). The third-order valence-corrected chi connectivity index (χ3v) is 6.85. The average molecular weight is 599 g/mol. The minimum atomic E-state index is -2.34. The second kappa shape index (κ2) is 14.1. The third-order valence-electron chi connectivity index (χ3n) is 6.08. The zero-order valence-corrected chi connectivity index (χ0v) is 23.7. The van der Waals surface area contributed by atoms with Gasteiger partial charge in [0.2, 0.25) is 0 Å². The van der Waals surface area contributed by atoms with E-state index in [0.717, 1.165) is 0 Å². The predicted molar refractivity (Wildman–Crippen MR) is 152 cm³/mol. The second-order valence-corrected chi connectivity index (χ2v) is 10.1. The Labute approximate surface area is 241 Å². The number of aliphatic hydroxyl groups is 1. The molecule has 0 radical (unpaired) electrons. The van der Waals surface area contributed by atoms with Gasteiger partial charge in [-0.2, -0.15) is 0 Å². The normalized spacial score (nSPS) is 12.3. The molecule has 1 aliphatic carbocycles. The molecule has 0 fully saturated rings. The highest BCUT2D eigenvalue weighted by Crippen LogP contribution is 2.44. The lowest BCUT2D eigenvalue weighted by atomic mass is 9.92. The Morgan fingerprint density at radius 3 is 2.62 bits per heavy atom. The molecule has 13 heteroatoms. The van der Waals surface area contributed by atoms with E-state index in [9.17, 15) is 29.2 Å². The van der Waals surface area contributed by atoms with E-state index < -0.39 is 32.8 Å². The Bertz CT molecular complexity index is 1630. The van der Waals surface area contributed by atoms with E-state index in [1.54, 1.807) is 18.2 Å². The van der Waals surface area contributed by atoms with Gasteiger partial charge < -0.3 is 29.4 Å². The summed E-state index contributed by atoms with van der Waals surface area (Å²) in [6.07, 6.45) is -0.366. The topological polar surface area (TPSA) is 171 Å². The van der Waals surface area contributed by atoms with E-state index in [-0.39, 0.29) is 53.6 Å². The Kier molecular flexibility index (Phi) is 10.3. The minimum Gasteiger partial charge on any atom is -0.508 e. The zero-order valence-electron chi connectivity index (χ0n) is 22.8. The molecule has 0 aromatic heterocycles. The molecule has 1 aliphatic heterocycles. The van der Waals surface area contributed by atoms with Crippen LogP contribution in [0.5, 0.6) is 11.5 Å². The van der Waals surface area contributed by atoms with Crippen LogP contribution in [0, 0.1) is 0 Å². The number of aromatic hydroxyl groups is 1. The lowest BCUT2D eigenvalue weighted by Crippen LogP contribution is -2.26. The van der Waals surface area contributed by atoms with Crippen molar-refractivity contribution >= 4 is 31.1 Å². The van der Waals surface area contributed by atoms with Crippen LogP contribution >= 0.6 is 8.25 Å². The molecule has 2 aromatic rings. The summed E-state index contributed by atoms with van der Waals surface area (Å²) in [6.45, 7) is 1.36. The van der Waals surface area contributed by atoms with Crippen LogP contribution in [0.1, 0.15) is 23.7 Å². The molecule has 1 amide bonds. The molecule has 2 atom stereocenters. The highest BCUT2D eigenvalue weighted by atomic mass is 31.1. The Morgan fingerprint density at radius 2 is 1.88 bits per heavy atom. The summed E-state index contributed by atoms with van der Waals surface area (Å²) in [5.74, 6) is -0.561. The summed E-state index contributed by atoms with van der Waals surface area (Å²) < 4.78 is 37.6. The van der Waals surface area contributed by atoms with E-state index in [0.29, 0.717) is 28.5 Å². The van der Waals surface area contributed by atoms with Crippen LogP contribution in [-0.4, -0.2) is 61.7 Å². The first kappa shape index (κ1) is 30.8. The van der Waals surface area contributed by atoms with Gasteiger partial charge in [0.15, 0.2) is 11.5 Å². The van der Waals surface area contributed by atoms with E-state index in [2.05, 4.69) is 9.84 Å². The maximum absolute atomic E-state index is 13.1. The van der Waals surface area contributed by atoms with Crippen molar-refractivity contribution in [2.45, 2.75) is 19.4 Å². The van der Waals surface area contributed by atoms with Crippen LogP contribution in [0.3, 0.4) is 0 Å². The number of phenols is 1. The van der Waals surface area contributed by atoms with Crippen molar-refractivity contribution in [1.82, 2.24) is 5.32 Å². The number of rotatable bonds is 13. The lowest BCUT2D eigenvalue weighted by molar-refractivity contribution is -0.131. The van der Waals surface area contributed by atoms with E-state index in [1.807, 2.05) is 0 Å². The SMILES string of the molecule is CO[P+](=O)OC(CO)COCCCNC(=O)c1ccc(OC(C)=O)c(-c2c3ccc(=O)cc-3oc3cc(O)ccc23)c1. The molecule has 2 unspecified atom stereocenters. The van der Waals surface area contributed by atoms with Crippen LogP contribution in [0.2, 0.25) is 0 Å². The van der Waals surface area contributed by atoms with Crippen LogP contribution in [0.4, 0.5) is 0 Å².